The average molecular weight is 667 g/mol. The van der Waals surface area contributed by atoms with E-state index in [9.17, 15) is 9.59 Å². The van der Waals surface area contributed by atoms with Crippen molar-refractivity contribution in [3.05, 3.63) is 178 Å². The van der Waals surface area contributed by atoms with E-state index in [0.717, 1.165) is 33.0 Å². The molecule has 0 N–H and O–H groups in total. The van der Waals surface area contributed by atoms with Crippen LogP contribution in [0.3, 0.4) is 0 Å². The van der Waals surface area contributed by atoms with Gasteiger partial charge in [-0.2, -0.15) is 0 Å². The Morgan fingerprint density at radius 1 is 0.308 bits per heavy atom. The minimum absolute atomic E-state index is 0.191. The largest absolute Gasteiger partial charge is 0.456 e. The van der Waals surface area contributed by atoms with E-state index in [0.29, 0.717) is 32.9 Å². The fraction of sp³-hybridized carbons (Fsp3) is 0. The van der Waals surface area contributed by atoms with E-state index >= 15 is 0 Å². The second-order valence-corrected chi connectivity index (χ2v) is 13.5. The molecule has 0 saturated carbocycles. The van der Waals surface area contributed by atoms with E-state index in [1.165, 1.54) is 32.3 Å². The van der Waals surface area contributed by atoms with E-state index < -0.39 is 0 Å². The number of fused-ring (bicyclic) bond motifs is 11. The average Bonchev–Trinajstić information content (AvgIpc) is 3.20. The Labute approximate surface area is 295 Å². The smallest absolute Gasteiger partial charge is 0.204 e. The predicted molar refractivity (Wildman–Crippen MR) is 214 cm³/mol. The molecule has 0 aliphatic carbocycles. The first-order valence-corrected chi connectivity index (χ1v) is 17.3. The summed E-state index contributed by atoms with van der Waals surface area (Å²) < 4.78 is 12.7. The summed E-state index contributed by atoms with van der Waals surface area (Å²) in [5.41, 5.74) is 4.88. The number of hydrogen-bond acceptors (Lipinski definition) is 4. The van der Waals surface area contributed by atoms with Crippen LogP contribution >= 0.6 is 0 Å². The van der Waals surface area contributed by atoms with Crippen LogP contribution in [-0.4, -0.2) is 0 Å². The first kappa shape index (κ1) is 28.8. The van der Waals surface area contributed by atoms with Gasteiger partial charge in [0, 0.05) is 0 Å². The maximum Gasteiger partial charge on any atom is 0.204 e. The lowest BCUT2D eigenvalue weighted by Crippen LogP contribution is -2.07. The third-order valence-corrected chi connectivity index (χ3v) is 10.6. The molecule has 0 aliphatic rings. The monoisotopic (exact) mass is 666 g/mol. The highest BCUT2D eigenvalue weighted by Gasteiger charge is 2.18. The minimum atomic E-state index is -0.238. The van der Waals surface area contributed by atoms with Gasteiger partial charge in [-0.15, -0.1) is 0 Å². The maximum atomic E-state index is 14.3. The van der Waals surface area contributed by atoms with Crippen LogP contribution in [0, 0.1) is 0 Å². The molecule has 0 bridgehead atoms. The Morgan fingerprint density at radius 3 is 1.37 bits per heavy atom. The van der Waals surface area contributed by atoms with Crippen LogP contribution in [0.2, 0.25) is 0 Å². The summed E-state index contributed by atoms with van der Waals surface area (Å²) in [6, 6.07) is 52.8. The quantitative estimate of drug-likeness (QED) is 0.136. The molecule has 2 aromatic heterocycles. The lowest BCUT2D eigenvalue weighted by molar-refractivity contribution is 0.649. The highest BCUT2D eigenvalue weighted by molar-refractivity contribution is 6.11. The van der Waals surface area contributed by atoms with Crippen LogP contribution in [-0.2, 0) is 0 Å². The Morgan fingerprint density at radius 2 is 0.750 bits per heavy atom. The van der Waals surface area contributed by atoms with Gasteiger partial charge in [0.25, 0.3) is 0 Å². The summed E-state index contributed by atoms with van der Waals surface area (Å²) in [4.78, 5) is 28.4. The van der Waals surface area contributed by atoms with Gasteiger partial charge in [-0.05, 0) is 114 Å². The zero-order valence-corrected chi connectivity index (χ0v) is 27.6. The summed E-state index contributed by atoms with van der Waals surface area (Å²) in [5.74, 6) is 0. The lowest BCUT2D eigenvalue weighted by Gasteiger charge is -2.10. The summed E-state index contributed by atoms with van der Waals surface area (Å²) in [6.07, 6.45) is 0. The van der Waals surface area contributed by atoms with E-state index in [1.807, 2.05) is 42.5 Å². The molecule has 4 nitrogen and oxygen atoms in total. The second kappa shape index (κ2) is 10.7. The topological polar surface area (TPSA) is 60.4 Å². The number of rotatable bonds is 2. The molecule has 9 aromatic carbocycles. The van der Waals surface area contributed by atoms with E-state index in [-0.39, 0.29) is 21.8 Å². The van der Waals surface area contributed by atoms with Crippen molar-refractivity contribution in [1.29, 1.82) is 0 Å². The van der Waals surface area contributed by atoms with Gasteiger partial charge in [-0.1, -0.05) is 109 Å². The van der Waals surface area contributed by atoms with Gasteiger partial charge in [-0.3, -0.25) is 9.59 Å². The zero-order chi connectivity index (χ0) is 34.5. The molecule has 2 heterocycles. The van der Waals surface area contributed by atoms with Crippen molar-refractivity contribution < 1.29 is 8.83 Å². The van der Waals surface area contributed by atoms with E-state index in [2.05, 4.69) is 103 Å². The van der Waals surface area contributed by atoms with Gasteiger partial charge < -0.3 is 8.83 Å². The predicted octanol–water partition coefficient (Wildman–Crippen LogP) is 12.2. The van der Waals surface area contributed by atoms with Crippen molar-refractivity contribution in [3.63, 3.8) is 0 Å². The molecular formula is C48H26O4. The maximum absolute atomic E-state index is 14.3. The molecule has 0 aliphatic heterocycles. The van der Waals surface area contributed by atoms with Gasteiger partial charge in [0.05, 0.1) is 16.2 Å². The van der Waals surface area contributed by atoms with Gasteiger partial charge in [-0.25, -0.2) is 0 Å². The SMILES string of the molecule is O=c1c2cc(-c3ccc4c(ccc5ccccc54)c3)ccc2oc2c1ccc1oc3ccc(-c4ccc5c(ccc6ccccc65)c4)cc3c(=O)c12. The highest BCUT2D eigenvalue weighted by Crippen LogP contribution is 2.35. The number of hydrogen-bond donors (Lipinski definition) is 0. The van der Waals surface area contributed by atoms with E-state index in [4.69, 9.17) is 8.83 Å². The first-order valence-electron chi connectivity index (χ1n) is 17.3. The molecule has 0 radical (unpaired) electrons. The third kappa shape index (κ3) is 4.21. The van der Waals surface area contributed by atoms with Crippen molar-refractivity contribution in [2.45, 2.75) is 0 Å². The summed E-state index contributed by atoms with van der Waals surface area (Å²) in [7, 11) is 0. The van der Waals surface area contributed by atoms with Crippen LogP contribution in [0.25, 0.3) is 109 Å². The Balaban J connectivity index is 1.05. The van der Waals surface area contributed by atoms with Crippen LogP contribution in [0.1, 0.15) is 0 Å². The van der Waals surface area contributed by atoms with Gasteiger partial charge >= 0.3 is 0 Å². The lowest BCUT2D eigenvalue weighted by atomic mass is 9.96. The van der Waals surface area contributed by atoms with Gasteiger partial charge in [0.1, 0.15) is 22.1 Å². The van der Waals surface area contributed by atoms with Crippen molar-refractivity contribution in [3.8, 4) is 22.3 Å². The normalized spacial score (nSPS) is 12.0. The molecular weight excluding hydrogens is 641 g/mol. The molecule has 0 unspecified atom stereocenters. The molecule has 52 heavy (non-hydrogen) atoms. The molecule has 4 heteroatoms. The minimum Gasteiger partial charge on any atom is -0.456 e. The standard InChI is InChI=1S/C48H26O4/c49-46-39-19-22-44-45(47(50)41-26-32(15-20-42(41)51-44)30-14-18-38-34(24-30)12-10-28-6-2-4-8-36(28)38)48(39)52-43-21-16-31(25-40(43)46)29-13-17-37-33(23-29)11-9-27-5-1-3-7-35(27)37/h1-26H. The Hall–Kier alpha value is -7.04. The molecule has 0 fully saturated rings. The van der Waals surface area contributed by atoms with E-state index in [1.54, 1.807) is 12.1 Å². The van der Waals surface area contributed by atoms with Crippen molar-refractivity contribution in [2.75, 3.05) is 0 Å². The van der Waals surface area contributed by atoms with Crippen LogP contribution in [0.5, 0.6) is 0 Å². The number of benzene rings is 9. The summed E-state index contributed by atoms with van der Waals surface area (Å²) >= 11 is 0. The zero-order valence-electron chi connectivity index (χ0n) is 27.6. The van der Waals surface area contributed by atoms with Gasteiger partial charge in [0.15, 0.2) is 5.58 Å². The molecule has 0 amide bonds. The van der Waals surface area contributed by atoms with Crippen molar-refractivity contribution in [1.82, 2.24) is 0 Å². The summed E-state index contributed by atoms with van der Waals surface area (Å²) in [5, 5.41) is 10.9. The van der Waals surface area contributed by atoms with Crippen LogP contribution in [0.4, 0.5) is 0 Å². The Kier molecular flexibility index (Phi) is 5.93. The van der Waals surface area contributed by atoms with Crippen LogP contribution in [0.15, 0.2) is 176 Å². The second-order valence-electron chi connectivity index (χ2n) is 13.5. The molecule has 11 rings (SSSR count). The molecule has 11 aromatic rings. The molecule has 0 atom stereocenters. The van der Waals surface area contributed by atoms with Crippen molar-refractivity contribution in [2.24, 2.45) is 0 Å². The molecule has 0 spiro atoms. The highest BCUT2D eigenvalue weighted by atomic mass is 16.3. The molecule has 0 saturated heterocycles. The van der Waals surface area contributed by atoms with Crippen LogP contribution < -0.4 is 10.9 Å². The first-order chi connectivity index (χ1) is 25.6. The fourth-order valence-corrected chi connectivity index (χ4v) is 7.99. The third-order valence-electron chi connectivity index (χ3n) is 10.6. The van der Waals surface area contributed by atoms with Gasteiger partial charge in [0.2, 0.25) is 10.9 Å². The summed E-state index contributed by atoms with van der Waals surface area (Å²) in [6.45, 7) is 0. The molecule has 242 valence electrons. The Bertz CT molecular complexity index is 3460. The fourth-order valence-electron chi connectivity index (χ4n) is 7.99. The van der Waals surface area contributed by atoms with Crippen molar-refractivity contribution >= 4 is 87.0 Å².